The van der Waals surface area contributed by atoms with E-state index in [4.69, 9.17) is 0 Å². The minimum Gasteiger partial charge on any atom is -0.481 e. The molecule has 2 rings (SSSR count). The highest BCUT2D eigenvalue weighted by atomic mass is 16.4. The van der Waals surface area contributed by atoms with Crippen LogP contribution in [0.2, 0.25) is 0 Å². The number of aliphatic carboxylic acids is 1. The van der Waals surface area contributed by atoms with Gasteiger partial charge in [-0.25, -0.2) is 4.68 Å². The number of benzene rings is 1. The molecule has 0 amide bonds. The second kappa shape index (κ2) is 5.40. The lowest BCUT2D eigenvalue weighted by molar-refractivity contribution is -0.147. The van der Waals surface area contributed by atoms with Crippen molar-refractivity contribution in [2.75, 3.05) is 0 Å². The molecule has 0 fully saturated rings. The van der Waals surface area contributed by atoms with Crippen LogP contribution in [0, 0.1) is 5.41 Å². The van der Waals surface area contributed by atoms with Crippen molar-refractivity contribution in [2.24, 2.45) is 5.41 Å². The number of rotatable bonds is 5. The molecular weight excluding hydrogens is 256 g/mol. The van der Waals surface area contributed by atoms with Gasteiger partial charge in [-0.05, 0) is 36.3 Å². The molecular formula is C14H18N4O2. The molecule has 1 aromatic carbocycles. The van der Waals surface area contributed by atoms with Gasteiger partial charge in [-0.3, -0.25) is 4.79 Å². The SMILES string of the molecule is CCc1ccccc1-c1nnnn1CC(C)(C)C(=O)O. The Kier molecular flexibility index (Phi) is 3.83. The summed E-state index contributed by atoms with van der Waals surface area (Å²) in [5.74, 6) is -0.264. The zero-order valence-corrected chi connectivity index (χ0v) is 11.9. The predicted molar refractivity (Wildman–Crippen MR) is 74.0 cm³/mol. The Labute approximate surface area is 117 Å². The standard InChI is InChI=1S/C14H18N4O2/c1-4-10-7-5-6-8-11(10)12-15-16-17-18(12)9-14(2,3)13(19)20/h5-8H,4,9H2,1-3H3,(H,19,20). The third-order valence-corrected chi connectivity index (χ3v) is 3.30. The molecule has 0 unspecified atom stereocenters. The van der Waals surface area contributed by atoms with Crippen LogP contribution in [0.5, 0.6) is 0 Å². The minimum atomic E-state index is -0.925. The van der Waals surface area contributed by atoms with Gasteiger partial charge in [0.2, 0.25) is 0 Å². The second-order valence-electron chi connectivity index (χ2n) is 5.36. The smallest absolute Gasteiger partial charge is 0.310 e. The van der Waals surface area contributed by atoms with Crippen LogP contribution in [-0.4, -0.2) is 31.3 Å². The number of carbonyl (C=O) groups is 1. The lowest BCUT2D eigenvalue weighted by atomic mass is 9.94. The number of nitrogens with zero attached hydrogens (tertiary/aromatic N) is 4. The zero-order chi connectivity index (χ0) is 14.8. The fraction of sp³-hybridized carbons (Fsp3) is 0.429. The molecule has 2 aromatic rings. The molecule has 0 spiro atoms. The van der Waals surface area contributed by atoms with Crippen LogP contribution in [0.3, 0.4) is 0 Å². The Morgan fingerprint density at radius 2 is 2.05 bits per heavy atom. The number of carboxylic acids is 1. The van der Waals surface area contributed by atoms with Crippen molar-refractivity contribution in [3.63, 3.8) is 0 Å². The molecule has 0 saturated heterocycles. The largest absolute Gasteiger partial charge is 0.481 e. The highest BCUT2D eigenvalue weighted by molar-refractivity contribution is 5.73. The molecule has 0 bridgehead atoms. The van der Waals surface area contributed by atoms with Gasteiger partial charge in [-0.15, -0.1) is 5.10 Å². The van der Waals surface area contributed by atoms with Gasteiger partial charge < -0.3 is 5.11 Å². The average molecular weight is 274 g/mol. The van der Waals surface area contributed by atoms with Gasteiger partial charge in [0.25, 0.3) is 0 Å². The highest BCUT2D eigenvalue weighted by Crippen LogP contribution is 2.25. The van der Waals surface area contributed by atoms with E-state index < -0.39 is 11.4 Å². The molecule has 1 N–H and O–H groups in total. The molecule has 6 heteroatoms. The lowest BCUT2D eigenvalue weighted by Crippen LogP contribution is -2.30. The van der Waals surface area contributed by atoms with Gasteiger partial charge in [0.05, 0.1) is 12.0 Å². The van der Waals surface area contributed by atoms with E-state index in [9.17, 15) is 9.90 Å². The summed E-state index contributed by atoms with van der Waals surface area (Å²) in [6.07, 6.45) is 0.866. The molecule has 0 aliphatic heterocycles. The summed E-state index contributed by atoms with van der Waals surface area (Å²) in [6, 6.07) is 7.87. The van der Waals surface area contributed by atoms with Crippen LogP contribution in [0.25, 0.3) is 11.4 Å². The van der Waals surface area contributed by atoms with E-state index in [1.807, 2.05) is 24.3 Å². The summed E-state index contributed by atoms with van der Waals surface area (Å²) in [4.78, 5) is 11.2. The Morgan fingerprint density at radius 1 is 1.35 bits per heavy atom. The van der Waals surface area contributed by atoms with E-state index in [1.54, 1.807) is 18.5 Å². The quantitative estimate of drug-likeness (QED) is 0.902. The molecule has 0 aliphatic rings. The molecule has 106 valence electrons. The molecule has 20 heavy (non-hydrogen) atoms. The third-order valence-electron chi connectivity index (χ3n) is 3.30. The second-order valence-corrected chi connectivity index (χ2v) is 5.36. The molecule has 1 heterocycles. The average Bonchev–Trinajstić information content (AvgIpc) is 2.85. The van der Waals surface area contributed by atoms with Gasteiger partial charge in [-0.1, -0.05) is 31.2 Å². The fourth-order valence-corrected chi connectivity index (χ4v) is 1.99. The molecule has 6 nitrogen and oxygen atoms in total. The van der Waals surface area contributed by atoms with Gasteiger partial charge in [0.1, 0.15) is 0 Å². The molecule has 1 aromatic heterocycles. The van der Waals surface area contributed by atoms with E-state index in [2.05, 4.69) is 22.4 Å². The number of aromatic nitrogens is 4. The maximum absolute atomic E-state index is 11.2. The van der Waals surface area contributed by atoms with E-state index in [1.165, 1.54) is 0 Å². The first-order valence-electron chi connectivity index (χ1n) is 6.53. The minimum absolute atomic E-state index is 0.225. The summed E-state index contributed by atoms with van der Waals surface area (Å²) in [7, 11) is 0. The van der Waals surface area contributed by atoms with Gasteiger partial charge in [0.15, 0.2) is 5.82 Å². The van der Waals surface area contributed by atoms with Crippen LogP contribution in [0.1, 0.15) is 26.3 Å². The molecule has 0 aliphatic carbocycles. The molecule has 0 radical (unpaired) electrons. The zero-order valence-electron chi connectivity index (χ0n) is 11.9. The first-order valence-corrected chi connectivity index (χ1v) is 6.53. The van der Waals surface area contributed by atoms with Crippen LogP contribution >= 0.6 is 0 Å². The summed E-state index contributed by atoms with van der Waals surface area (Å²) in [5.41, 5.74) is 1.16. The summed E-state index contributed by atoms with van der Waals surface area (Å²) in [6.45, 7) is 5.61. The fourth-order valence-electron chi connectivity index (χ4n) is 1.99. The Balaban J connectivity index is 2.41. The monoisotopic (exact) mass is 274 g/mol. The van der Waals surface area contributed by atoms with Crippen molar-refractivity contribution in [3.8, 4) is 11.4 Å². The summed E-state index contributed by atoms with van der Waals surface area (Å²) in [5, 5.41) is 20.9. The van der Waals surface area contributed by atoms with Gasteiger partial charge >= 0.3 is 5.97 Å². The summed E-state index contributed by atoms with van der Waals surface area (Å²) < 4.78 is 1.56. The van der Waals surface area contributed by atoms with Crippen LogP contribution in [-0.2, 0) is 17.8 Å². The van der Waals surface area contributed by atoms with E-state index >= 15 is 0 Å². The van der Waals surface area contributed by atoms with E-state index in [-0.39, 0.29) is 6.54 Å². The Hall–Kier alpha value is -2.24. The number of hydrogen-bond donors (Lipinski definition) is 1. The topological polar surface area (TPSA) is 80.9 Å². The molecule has 0 atom stereocenters. The van der Waals surface area contributed by atoms with Crippen molar-refractivity contribution >= 4 is 5.97 Å². The molecule has 0 saturated carbocycles. The normalized spacial score (nSPS) is 11.6. The van der Waals surface area contributed by atoms with E-state index in [0.29, 0.717) is 5.82 Å². The van der Waals surface area contributed by atoms with Crippen LogP contribution < -0.4 is 0 Å². The third kappa shape index (κ3) is 2.68. The Morgan fingerprint density at radius 3 is 2.70 bits per heavy atom. The number of aryl methyl sites for hydroxylation is 1. The predicted octanol–water partition coefficient (Wildman–Crippen LogP) is 2.01. The van der Waals surface area contributed by atoms with Crippen LogP contribution in [0.15, 0.2) is 24.3 Å². The highest BCUT2D eigenvalue weighted by Gasteiger charge is 2.29. The first-order chi connectivity index (χ1) is 9.45. The van der Waals surface area contributed by atoms with Crippen molar-refractivity contribution < 1.29 is 9.90 Å². The van der Waals surface area contributed by atoms with Crippen LogP contribution in [0.4, 0.5) is 0 Å². The first kappa shape index (κ1) is 14.2. The van der Waals surface area contributed by atoms with Crippen molar-refractivity contribution in [1.82, 2.24) is 20.2 Å². The number of hydrogen-bond acceptors (Lipinski definition) is 4. The maximum atomic E-state index is 11.2. The summed E-state index contributed by atoms with van der Waals surface area (Å²) >= 11 is 0. The van der Waals surface area contributed by atoms with Crippen molar-refractivity contribution in [3.05, 3.63) is 29.8 Å². The van der Waals surface area contributed by atoms with Crippen molar-refractivity contribution in [2.45, 2.75) is 33.7 Å². The van der Waals surface area contributed by atoms with Crippen molar-refractivity contribution in [1.29, 1.82) is 0 Å². The van der Waals surface area contributed by atoms with Gasteiger partial charge in [0, 0.05) is 5.56 Å². The van der Waals surface area contributed by atoms with E-state index in [0.717, 1.165) is 17.5 Å². The van der Waals surface area contributed by atoms with Gasteiger partial charge in [-0.2, -0.15) is 0 Å². The number of carboxylic acid groups (broad SMARTS) is 1. The maximum Gasteiger partial charge on any atom is 0.310 e. The Bertz CT molecular complexity index is 619. The lowest BCUT2D eigenvalue weighted by Gasteiger charge is -2.19. The number of tetrazole rings is 1.